The van der Waals surface area contributed by atoms with Gasteiger partial charge in [-0.05, 0) is 53.8 Å². The highest BCUT2D eigenvalue weighted by molar-refractivity contribution is 7.18. The Balaban J connectivity index is 1.32. The summed E-state index contributed by atoms with van der Waals surface area (Å²) >= 11 is 1.57. The largest absolute Gasteiger partial charge is 0.383 e. The Bertz CT molecular complexity index is 1470. The van der Waals surface area contributed by atoms with Gasteiger partial charge in [0.05, 0.1) is 0 Å². The number of carbonyl (C=O) groups excluding carboxylic acids is 2. The SMILES string of the molecule is Cc1cccc(NC(=O)Nc2ccc(-c3csc4c(/C=C/C(=O)N5CCNCC5)cnc(N)c34)cc2)c1. The Morgan fingerprint density at radius 3 is 2.59 bits per heavy atom. The summed E-state index contributed by atoms with van der Waals surface area (Å²) in [6, 6.07) is 14.9. The quantitative estimate of drug-likeness (QED) is 0.283. The predicted molar refractivity (Wildman–Crippen MR) is 152 cm³/mol. The van der Waals surface area contributed by atoms with Crippen molar-refractivity contribution in [2.75, 3.05) is 42.5 Å². The molecule has 0 spiro atoms. The summed E-state index contributed by atoms with van der Waals surface area (Å²) in [6.45, 7) is 5.02. The second-order valence-corrected chi connectivity index (χ2v) is 9.77. The second-order valence-electron chi connectivity index (χ2n) is 8.89. The monoisotopic (exact) mass is 512 g/mol. The number of benzene rings is 2. The molecule has 1 fully saturated rings. The van der Waals surface area contributed by atoms with E-state index >= 15 is 0 Å². The van der Waals surface area contributed by atoms with Gasteiger partial charge in [0.25, 0.3) is 0 Å². The van der Waals surface area contributed by atoms with Crippen LogP contribution >= 0.6 is 11.3 Å². The van der Waals surface area contributed by atoms with E-state index in [9.17, 15) is 9.59 Å². The van der Waals surface area contributed by atoms with Crippen LogP contribution in [-0.4, -0.2) is 48.0 Å². The molecule has 37 heavy (non-hydrogen) atoms. The van der Waals surface area contributed by atoms with Crippen LogP contribution in [0.4, 0.5) is 22.0 Å². The summed E-state index contributed by atoms with van der Waals surface area (Å²) < 4.78 is 0.978. The standard InChI is InChI=1S/C28H28N6O2S/c1-18-3-2-4-22(15-18)33-28(36)32-21-8-5-19(6-9-21)23-17-37-26-20(16-31-27(29)25(23)26)7-10-24(35)34-13-11-30-12-14-34/h2-10,15-17,30H,11-14H2,1H3,(H2,29,31)(H2,32,33,36)/b10-7+. The number of hydrogen-bond acceptors (Lipinski definition) is 6. The van der Waals surface area contributed by atoms with Crippen molar-refractivity contribution in [2.24, 2.45) is 0 Å². The maximum absolute atomic E-state index is 12.6. The fourth-order valence-electron chi connectivity index (χ4n) is 4.32. The Morgan fingerprint density at radius 2 is 1.84 bits per heavy atom. The van der Waals surface area contributed by atoms with Crippen LogP contribution in [0.3, 0.4) is 0 Å². The Morgan fingerprint density at radius 1 is 1.08 bits per heavy atom. The van der Waals surface area contributed by atoms with Gasteiger partial charge in [0.2, 0.25) is 5.91 Å². The molecule has 2 aromatic heterocycles. The van der Waals surface area contributed by atoms with Crippen molar-refractivity contribution in [1.29, 1.82) is 0 Å². The van der Waals surface area contributed by atoms with Gasteiger partial charge in [-0.3, -0.25) is 4.79 Å². The van der Waals surface area contributed by atoms with Gasteiger partial charge < -0.3 is 26.6 Å². The number of nitrogen functional groups attached to an aromatic ring is 1. The molecule has 8 nitrogen and oxygen atoms in total. The Labute approximate surface area is 219 Å². The normalized spacial score (nSPS) is 13.7. The highest BCUT2D eigenvalue weighted by Crippen LogP contribution is 2.39. The van der Waals surface area contributed by atoms with Gasteiger partial charge >= 0.3 is 6.03 Å². The third kappa shape index (κ3) is 5.63. The zero-order valence-electron chi connectivity index (χ0n) is 20.5. The molecule has 5 rings (SSSR count). The fraction of sp³-hybridized carbons (Fsp3) is 0.179. The van der Waals surface area contributed by atoms with Crippen molar-refractivity contribution in [3.63, 3.8) is 0 Å². The lowest BCUT2D eigenvalue weighted by atomic mass is 10.0. The van der Waals surface area contributed by atoms with Crippen LogP contribution in [0.15, 0.2) is 66.2 Å². The molecule has 3 amide bonds. The van der Waals surface area contributed by atoms with E-state index < -0.39 is 0 Å². The van der Waals surface area contributed by atoms with Gasteiger partial charge in [-0.15, -0.1) is 11.3 Å². The van der Waals surface area contributed by atoms with Gasteiger partial charge in [0, 0.05) is 71.0 Å². The topological polar surface area (TPSA) is 112 Å². The van der Waals surface area contributed by atoms with Crippen LogP contribution in [0.25, 0.3) is 27.3 Å². The fourth-order valence-corrected chi connectivity index (χ4v) is 5.40. The highest BCUT2D eigenvalue weighted by Gasteiger charge is 2.16. The zero-order chi connectivity index (χ0) is 25.8. The molecule has 0 bridgehead atoms. The van der Waals surface area contributed by atoms with E-state index in [0.717, 1.165) is 51.1 Å². The summed E-state index contributed by atoms with van der Waals surface area (Å²) in [5, 5.41) is 11.9. The van der Waals surface area contributed by atoms with Crippen molar-refractivity contribution < 1.29 is 9.59 Å². The highest BCUT2D eigenvalue weighted by atomic mass is 32.1. The van der Waals surface area contributed by atoms with Crippen molar-refractivity contribution in [2.45, 2.75) is 6.92 Å². The van der Waals surface area contributed by atoms with Crippen molar-refractivity contribution in [1.82, 2.24) is 15.2 Å². The third-order valence-electron chi connectivity index (χ3n) is 6.22. The molecule has 9 heteroatoms. The molecule has 0 unspecified atom stereocenters. The summed E-state index contributed by atoms with van der Waals surface area (Å²) in [5.41, 5.74) is 11.5. The molecule has 3 heterocycles. The van der Waals surface area contributed by atoms with Crippen LogP contribution in [0.1, 0.15) is 11.1 Å². The Kier molecular flexibility index (Phi) is 7.16. The number of pyridine rings is 1. The van der Waals surface area contributed by atoms with E-state index in [1.165, 1.54) is 0 Å². The van der Waals surface area contributed by atoms with Gasteiger partial charge in [-0.1, -0.05) is 24.3 Å². The molecule has 5 N–H and O–H groups in total. The number of fused-ring (bicyclic) bond motifs is 1. The first-order valence-electron chi connectivity index (χ1n) is 12.1. The molecule has 0 atom stereocenters. The van der Waals surface area contributed by atoms with Crippen molar-refractivity contribution in [3.8, 4) is 11.1 Å². The van der Waals surface area contributed by atoms with Crippen LogP contribution in [-0.2, 0) is 4.79 Å². The smallest absolute Gasteiger partial charge is 0.323 e. The van der Waals surface area contributed by atoms with E-state index in [4.69, 9.17) is 5.73 Å². The number of nitrogens with two attached hydrogens (primary N) is 1. The lowest BCUT2D eigenvalue weighted by molar-refractivity contribution is -0.126. The molecular formula is C28H28N6O2S. The minimum absolute atomic E-state index is 0.00206. The molecule has 0 saturated carbocycles. The maximum Gasteiger partial charge on any atom is 0.323 e. The molecule has 2 aromatic carbocycles. The minimum Gasteiger partial charge on any atom is -0.383 e. The zero-order valence-corrected chi connectivity index (χ0v) is 21.3. The van der Waals surface area contributed by atoms with Gasteiger partial charge in [0.1, 0.15) is 5.82 Å². The minimum atomic E-state index is -0.306. The number of urea groups is 1. The van der Waals surface area contributed by atoms with E-state index in [1.54, 1.807) is 23.6 Å². The summed E-state index contributed by atoms with van der Waals surface area (Å²) in [6.07, 6.45) is 5.14. The van der Waals surface area contributed by atoms with E-state index in [0.29, 0.717) is 24.6 Å². The van der Waals surface area contributed by atoms with Crippen LogP contribution in [0.2, 0.25) is 0 Å². The number of aryl methyl sites for hydroxylation is 1. The summed E-state index contributed by atoms with van der Waals surface area (Å²) in [7, 11) is 0. The lowest BCUT2D eigenvalue weighted by Gasteiger charge is -2.26. The number of anilines is 3. The number of piperazine rings is 1. The molecule has 0 radical (unpaired) electrons. The van der Waals surface area contributed by atoms with Crippen molar-refractivity contribution >= 4 is 56.6 Å². The molecule has 4 aromatic rings. The third-order valence-corrected chi connectivity index (χ3v) is 7.25. The molecule has 1 saturated heterocycles. The number of carbonyl (C=O) groups is 2. The van der Waals surface area contributed by atoms with Gasteiger partial charge in [-0.25, -0.2) is 9.78 Å². The second kappa shape index (κ2) is 10.8. The van der Waals surface area contributed by atoms with Crippen molar-refractivity contribution in [3.05, 3.63) is 77.3 Å². The summed E-state index contributed by atoms with van der Waals surface area (Å²) in [4.78, 5) is 31.2. The number of thiophene rings is 1. The first-order valence-corrected chi connectivity index (χ1v) is 12.9. The number of rotatable bonds is 5. The number of aromatic nitrogens is 1. The maximum atomic E-state index is 12.6. The number of nitrogens with zero attached hydrogens (tertiary/aromatic N) is 2. The van der Waals surface area contributed by atoms with Crippen LogP contribution in [0.5, 0.6) is 0 Å². The average molecular weight is 513 g/mol. The van der Waals surface area contributed by atoms with E-state index in [2.05, 4.69) is 20.9 Å². The predicted octanol–water partition coefficient (Wildman–Crippen LogP) is 4.94. The van der Waals surface area contributed by atoms with Gasteiger partial charge in [0.15, 0.2) is 0 Å². The Hall–Kier alpha value is -4.21. The van der Waals surface area contributed by atoms with E-state index in [1.807, 2.05) is 71.8 Å². The average Bonchev–Trinajstić information content (AvgIpc) is 3.35. The number of nitrogens with one attached hydrogen (secondary N) is 3. The molecule has 1 aliphatic heterocycles. The van der Waals surface area contributed by atoms with Crippen LogP contribution in [0, 0.1) is 6.92 Å². The first kappa shape index (κ1) is 24.5. The summed E-state index contributed by atoms with van der Waals surface area (Å²) in [5.74, 6) is 0.439. The number of amides is 3. The molecular weight excluding hydrogens is 484 g/mol. The molecule has 0 aliphatic carbocycles. The first-order chi connectivity index (χ1) is 18.0. The lowest BCUT2D eigenvalue weighted by Crippen LogP contribution is -2.45. The van der Waals surface area contributed by atoms with E-state index in [-0.39, 0.29) is 11.9 Å². The molecule has 188 valence electrons. The van der Waals surface area contributed by atoms with Gasteiger partial charge in [-0.2, -0.15) is 0 Å². The van der Waals surface area contributed by atoms with Crippen LogP contribution < -0.4 is 21.7 Å². The molecule has 1 aliphatic rings. The number of hydrogen-bond donors (Lipinski definition) is 4.